The van der Waals surface area contributed by atoms with Crippen molar-refractivity contribution >= 4 is 15.9 Å². The number of hydrogen-bond donors (Lipinski definition) is 0. The molecule has 2 aliphatic rings. The zero-order chi connectivity index (χ0) is 12.5. The van der Waals surface area contributed by atoms with E-state index in [4.69, 9.17) is 5.26 Å². The molecule has 0 heterocycles. The third-order valence-electron chi connectivity index (χ3n) is 5.28. The molecule has 1 nitrogen and oxygen atoms in total. The molecule has 0 spiro atoms. The summed E-state index contributed by atoms with van der Waals surface area (Å²) in [5.41, 5.74) is 2.07. The van der Waals surface area contributed by atoms with Crippen molar-refractivity contribution in [1.29, 1.82) is 5.26 Å². The fraction of sp³-hybridized carbons (Fsp3) is 0.800. The molecule has 0 N–H and O–H groups in total. The molecule has 0 saturated heterocycles. The van der Waals surface area contributed by atoms with E-state index >= 15 is 0 Å². The molecule has 0 amide bonds. The first-order valence-electron chi connectivity index (χ1n) is 6.79. The third-order valence-corrected chi connectivity index (χ3v) is 5.87. The van der Waals surface area contributed by atoms with Crippen LogP contribution in [0.5, 0.6) is 0 Å². The summed E-state index contributed by atoms with van der Waals surface area (Å²) in [6.07, 6.45) is 7.30. The second kappa shape index (κ2) is 5.14. The summed E-state index contributed by atoms with van der Waals surface area (Å²) in [6.45, 7) is 4.74. The van der Waals surface area contributed by atoms with Crippen molar-refractivity contribution in [2.75, 3.05) is 0 Å². The molecule has 0 aromatic rings. The molecule has 0 radical (unpaired) electrons. The summed E-state index contributed by atoms with van der Waals surface area (Å²) in [5, 5.41) is 8.91. The topological polar surface area (TPSA) is 23.8 Å². The number of nitriles is 1. The maximum Gasteiger partial charge on any atom is 0.0624 e. The van der Waals surface area contributed by atoms with E-state index in [9.17, 15) is 0 Å². The quantitative estimate of drug-likeness (QED) is 0.701. The molecule has 17 heavy (non-hydrogen) atoms. The van der Waals surface area contributed by atoms with Gasteiger partial charge in [-0.3, -0.25) is 0 Å². The van der Waals surface area contributed by atoms with Crippen LogP contribution < -0.4 is 0 Å². The van der Waals surface area contributed by atoms with Gasteiger partial charge in [-0.25, -0.2) is 0 Å². The van der Waals surface area contributed by atoms with Gasteiger partial charge in [-0.1, -0.05) is 35.4 Å². The Kier molecular flexibility index (Phi) is 3.98. The Morgan fingerprint density at radius 2 is 2.35 bits per heavy atom. The van der Waals surface area contributed by atoms with Gasteiger partial charge in [0.05, 0.1) is 6.07 Å². The summed E-state index contributed by atoms with van der Waals surface area (Å²) < 4.78 is 0. The SMILES string of the molecule is CC(CC#N)C1CCC2/C(=C/Br)CCCC21C. The zero-order valence-corrected chi connectivity index (χ0v) is 12.5. The Hall–Kier alpha value is -0.290. The van der Waals surface area contributed by atoms with Crippen molar-refractivity contribution in [3.05, 3.63) is 10.6 Å². The molecule has 4 unspecified atom stereocenters. The van der Waals surface area contributed by atoms with Crippen LogP contribution in [0.15, 0.2) is 10.6 Å². The lowest BCUT2D eigenvalue weighted by molar-refractivity contribution is 0.0993. The molecular weight excluding hydrogens is 274 g/mol. The second-order valence-corrected chi connectivity index (χ2v) is 6.58. The Bertz CT molecular complexity index is 354. The van der Waals surface area contributed by atoms with E-state index in [0.717, 1.165) is 18.3 Å². The highest BCUT2D eigenvalue weighted by molar-refractivity contribution is 9.11. The van der Waals surface area contributed by atoms with Gasteiger partial charge in [-0.2, -0.15) is 5.26 Å². The highest BCUT2D eigenvalue weighted by Crippen LogP contribution is 2.59. The molecule has 0 aromatic carbocycles. The van der Waals surface area contributed by atoms with Gasteiger partial charge in [0.25, 0.3) is 0 Å². The van der Waals surface area contributed by atoms with Gasteiger partial charge in [0.2, 0.25) is 0 Å². The molecule has 2 aliphatic carbocycles. The molecule has 94 valence electrons. The number of allylic oxidation sites excluding steroid dienone is 1. The zero-order valence-electron chi connectivity index (χ0n) is 10.9. The minimum atomic E-state index is 0.452. The molecule has 0 aromatic heterocycles. The highest BCUT2D eigenvalue weighted by atomic mass is 79.9. The highest BCUT2D eigenvalue weighted by Gasteiger charge is 2.50. The van der Waals surface area contributed by atoms with Gasteiger partial charge in [0.1, 0.15) is 0 Å². The fourth-order valence-electron chi connectivity index (χ4n) is 4.43. The molecule has 2 heteroatoms. The van der Waals surface area contributed by atoms with Crippen LogP contribution in [0.2, 0.25) is 0 Å². The smallest absolute Gasteiger partial charge is 0.0624 e. The van der Waals surface area contributed by atoms with Gasteiger partial charge >= 0.3 is 0 Å². The van der Waals surface area contributed by atoms with Gasteiger partial charge in [0, 0.05) is 6.42 Å². The van der Waals surface area contributed by atoms with E-state index in [2.05, 4.69) is 40.8 Å². The van der Waals surface area contributed by atoms with Crippen LogP contribution >= 0.6 is 15.9 Å². The molecular formula is C15H22BrN. The normalized spacial score (nSPS) is 40.9. The van der Waals surface area contributed by atoms with Gasteiger partial charge in [-0.15, -0.1) is 0 Å². The maximum atomic E-state index is 8.91. The van der Waals surface area contributed by atoms with Crippen molar-refractivity contribution in [3.63, 3.8) is 0 Å². The van der Waals surface area contributed by atoms with Crippen molar-refractivity contribution < 1.29 is 0 Å². The first-order chi connectivity index (χ1) is 8.13. The van der Waals surface area contributed by atoms with Crippen LogP contribution in [0.3, 0.4) is 0 Å². The summed E-state index contributed by atoms with van der Waals surface area (Å²) >= 11 is 3.54. The lowest BCUT2D eigenvalue weighted by Crippen LogP contribution is -2.35. The van der Waals surface area contributed by atoms with E-state index < -0.39 is 0 Å². The predicted molar refractivity (Wildman–Crippen MR) is 74.6 cm³/mol. The molecule has 0 bridgehead atoms. The Morgan fingerprint density at radius 1 is 1.59 bits per heavy atom. The summed E-state index contributed by atoms with van der Waals surface area (Å²) in [5.74, 6) is 2.07. The van der Waals surface area contributed by atoms with Gasteiger partial charge in [-0.05, 0) is 60.3 Å². The third kappa shape index (κ3) is 2.19. The first-order valence-corrected chi connectivity index (χ1v) is 7.71. The summed E-state index contributed by atoms with van der Waals surface area (Å²) in [4.78, 5) is 2.17. The standard InChI is InChI=1S/C15H22BrN/c1-11(7-9-17)13-5-6-14-12(10-16)4-3-8-15(13,14)2/h10-11,13-14H,3-8H2,1-2H3/b12-10+. The minimum absolute atomic E-state index is 0.452. The number of rotatable bonds is 2. The van der Waals surface area contributed by atoms with E-state index in [1.54, 1.807) is 5.57 Å². The van der Waals surface area contributed by atoms with E-state index in [1.165, 1.54) is 32.1 Å². The van der Waals surface area contributed by atoms with Crippen molar-refractivity contribution in [2.24, 2.45) is 23.2 Å². The van der Waals surface area contributed by atoms with Crippen LogP contribution in [0.4, 0.5) is 0 Å². The van der Waals surface area contributed by atoms with Crippen LogP contribution in [0.1, 0.15) is 52.4 Å². The monoisotopic (exact) mass is 295 g/mol. The molecule has 2 rings (SSSR count). The van der Waals surface area contributed by atoms with Crippen molar-refractivity contribution in [2.45, 2.75) is 52.4 Å². The Morgan fingerprint density at radius 3 is 3.00 bits per heavy atom. The van der Waals surface area contributed by atoms with Crippen molar-refractivity contribution in [1.82, 2.24) is 0 Å². The van der Waals surface area contributed by atoms with E-state index in [1.807, 2.05) is 0 Å². The minimum Gasteiger partial charge on any atom is -0.198 e. The average Bonchev–Trinajstić information content (AvgIpc) is 2.66. The second-order valence-electron chi connectivity index (χ2n) is 6.12. The molecule has 0 aliphatic heterocycles. The lowest BCUT2D eigenvalue weighted by Gasteiger charge is -2.44. The summed E-state index contributed by atoms with van der Waals surface area (Å²) in [6, 6.07) is 2.36. The average molecular weight is 296 g/mol. The van der Waals surface area contributed by atoms with E-state index in [0.29, 0.717) is 11.3 Å². The fourth-order valence-corrected chi connectivity index (χ4v) is 4.98. The first kappa shape index (κ1) is 13.1. The lowest BCUT2D eigenvalue weighted by atomic mass is 9.61. The van der Waals surface area contributed by atoms with Gasteiger partial charge < -0.3 is 0 Å². The summed E-state index contributed by atoms with van der Waals surface area (Å²) in [7, 11) is 0. The van der Waals surface area contributed by atoms with Gasteiger partial charge in [0.15, 0.2) is 0 Å². The predicted octanol–water partition coefficient (Wildman–Crippen LogP) is 5.03. The van der Waals surface area contributed by atoms with Crippen LogP contribution in [0, 0.1) is 34.5 Å². The van der Waals surface area contributed by atoms with Crippen LogP contribution in [-0.4, -0.2) is 0 Å². The molecule has 2 saturated carbocycles. The van der Waals surface area contributed by atoms with E-state index in [-0.39, 0.29) is 0 Å². The maximum absolute atomic E-state index is 8.91. The number of fused-ring (bicyclic) bond motifs is 1. The Balaban J connectivity index is 2.21. The van der Waals surface area contributed by atoms with Crippen molar-refractivity contribution in [3.8, 4) is 6.07 Å². The number of halogens is 1. The number of hydrogen-bond acceptors (Lipinski definition) is 1. The molecule has 4 atom stereocenters. The Labute approximate surface area is 113 Å². The molecule has 2 fully saturated rings. The van der Waals surface area contributed by atoms with Crippen LogP contribution in [-0.2, 0) is 0 Å². The largest absolute Gasteiger partial charge is 0.198 e. The number of nitrogens with zero attached hydrogens (tertiary/aromatic N) is 1. The van der Waals surface area contributed by atoms with Crippen LogP contribution in [0.25, 0.3) is 0 Å².